The van der Waals surface area contributed by atoms with Crippen LogP contribution in [0.4, 0.5) is 0 Å². The Morgan fingerprint density at radius 3 is 2.71 bits per heavy atom. The SMILES string of the molecule is CCOc1cc(O)ccc1C1CCc2ccc(O)cc2O1. The van der Waals surface area contributed by atoms with Crippen molar-refractivity contribution < 1.29 is 19.7 Å². The van der Waals surface area contributed by atoms with E-state index in [0.717, 1.165) is 24.0 Å². The fourth-order valence-electron chi connectivity index (χ4n) is 2.65. The monoisotopic (exact) mass is 286 g/mol. The van der Waals surface area contributed by atoms with Crippen LogP contribution in [0.3, 0.4) is 0 Å². The zero-order valence-electron chi connectivity index (χ0n) is 11.9. The first kappa shape index (κ1) is 13.6. The third-order valence-electron chi connectivity index (χ3n) is 3.64. The van der Waals surface area contributed by atoms with Crippen molar-refractivity contribution >= 4 is 0 Å². The number of hydrogen-bond donors (Lipinski definition) is 2. The normalized spacial score (nSPS) is 16.9. The van der Waals surface area contributed by atoms with Crippen LogP contribution in [0.2, 0.25) is 0 Å². The van der Waals surface area contributed by atoms with Gasteiger partial charge in [-0.1, -0.05) is 6.07 Å². The van der Waals surface area contributed by atoms with Gasteiger partial charge in [-0.3, -0.25) is 0 Å². The van der Waals surface area contributed by atoms with Crippen LogP contribution in [0, 0.1) is 0 Å². The summed E-state index contributed by atoms with van der Waals surface area (Å²) in [6.07, 6.45) is 1.58. The molecule has 110 valence electrons. The zero-order chi connectivity index (χ0) is 14.8. The van der Waals surface area contributed by atoms with Crippen LogP contribution in [0.25, 0.3) is 0 Å². The standard InChI is InChI=1S/C17H18O4/c1-2-20-17-10-13(19)6-7-14(17)15-8-4-11-3-5-12(18)9-16(11)21-15/h3,5-7,9-10,15,18-19H,2,4,8H2,1H3. The summed E-state index contributed by atoms with van der Waals surface area (Å²) >= 11 is 0. The molecular formula is C17H18O4. The highest BCUT2D eigenvalue weighted by Crippen LogP contribution is 2.40. The average Bonchev–Trinajstić information content (AvgIpc) is 2.47. The second-order valence-electron chi connectivity index (χ2n) is 5.09. The molecule has 1 aliphatic heterocycles. The molecule has 0 fully saturated rings. The first-order chi connectivity index (χ1) is 10.2. The molecule has 0 amide bonds. The molecule has 1 unspecified atom stereocenters. The number of benzene rings is 2. The number of phenols is 2. The molecule has 2 N–H and O–H groups in total. The molecule has 1 aliphatic rings. The molecule has 0 aromatic heterocycles. The first-order valence-corrected chi connectivity index (χ1v) is 7.11. The Morgan fingerprint density at radius 2 is 1.90 bits per heavy atom. The van der Waals surface area contributed by atoms with Crippen LogP contribution >= 0.6 is 0 Å². The third-order valence-corrected chi connectivity index (χ3v) is 3.64. The van der Waals surface area contributed by atoms with Gasteiger partial charge in [0.2, 0.25) is 0 Å². The van der Waals surface area contributed by atoms with E-state index in [9.17, 15) is 10.2 Å². The summed E-state index contributed by atoms with van der Waals surface area (Å²) in [5, 5.41) is 19.2. The molecule has 1 heterocycles. The topological polar surface area (TPSA) is 58.9 Å². The van der Waals surface area contributed by atoms with Gasteiger partial charge in [-0.2, -0.15) is 0 Å². The maximum Gasteiger partial charge on any atom is 0.129 e. The molecule has 0 spiro atoms. The molecule has 0 saturated heterocycles. The maximum atomic E-state index is 9.60. The predicted octanol–water partition coefficient (Wildman–Crippen LogP) is 3.56. The van der Waals surface area contributed by atoms with Crippen LogP contribution in [-0.2, 0) is 6.42 Å². The number of rotatable bonds is 3. The van der Waals surface area contributed by atoms with Gasteiger partial charge in [0.15, 0.2) is 0 Å². The highest BCUT2D eigenvalue weighted by atomic mass is 16.5. The van der Waals surface area contributed by atoms with E-state index in [1.165, 1.54) is 0 Å². The van der Waals surface area contributed by atoms with Crippen molar-refractivity contribution in [3.63, 3.8) is 0 Å². The Morgan fingerprint density at radius 1 is 1.14 bits per heavy atom. The minimum Gasteiger partial charge on any atom is -0.508 e. The summed E-state index contributed by atoms with van der Waals surface area (Å²) in [5.41, 5.74) is 2.02. The molecular weight excluding hydrogens is 268 g/mol. The quantitative estimate of drug-likeness (QED) is 0.905. The van der Waals surface area contributed by atoms with E-state index in [0.29, 0.717) is 18.1 Å². The van der Waals surface area contributed by atoms with Crippen molar-refractivity contribution in [1.82, 2.24) is 0 Å². The van der Waals surface area contributed by atoms with Crippen LogP contribution in [0.5, 0.6) is 23.0 Å². The first-order valence-electron chi connectivity index (χ1n) is 7.11. The molecule has 4 nitrogen and oxygen atoms in total. The Bertz CT molecular complexity index is 651. The Hall–Kier alpha value is -2.36. The van der Waals surface area contributed by atoms with Gasteiger partial charge in [0.25, 0.3) is 0 Å². The minimum absolute atomic E-state index is 0.138. The molecule has 21 heavy (non-hydrogen) atoms. The fraction of sp³-hybridized carbons (Fsp3) is 0.294. The second-order valence-corrected chi connectivity index (χ2v) is 5.09. The highest BCUT2D eigenvalue weighted by molar-refractivity contribution is 5.45. The van der Waals surface area contributed by atoms with E-state index in [-0.39, 0.29) is 17.6 Å². The third kappa shape index (κ3) is 2.75. The predicted molar refractivity (Wildman–Crippen MR) is 79.1 cm³/mol. The number of aryl methyl sites for hydroxylation is 1. The summed E-state index contributed by atoms with van der Waals surface area (Å²) in [6.45, 7) is 2.43. The van der Waals surface area contributed by atoms with Crippen LogP contribution in [0.15, 0.2) is 36.4 Å². The lowest BCUT2D eigenvalue weighted by atomic mass is 9.96. The van der Waals surface area contributed by atoms with Gasteiger partial charge in [0.05, 0.1) is 6.61 Å². The van der Waals surface area contributed by atoms with Gasteiger partial charge in [0, 0.05) is 17.7 Å². The van der Waals surface area contributed by atoms with E-state index in [2.05, 4.69) is 0 Å². The molecule has 3 rings (SSSR count). The van der Waals surface area contributed by atoms with Gasteiger partial charge in [-0.25, -0.2) is 0 Å². The zero-order valence-corrected chi connectivity index (χ0v) is 11.9. The van der Waals surface area contributed by atoms with Gasteiger partial charge in [-0.05, 0) is 43.5 Å². The van der Waals surface area contributed by atoms with E-state index in [4.69, 9.17) is 9.47 Å². The summed E-state index contributed by atoms with van der Waals surface area (Å²) in [5.74, 6) is 1.73. The molecule has 2 aromatic rings. The fourth-order valence-corrected chi connectivity index (χ4v) is 2.65. The summed E-state index contributed by atoms with van der Waals surface area (Å²) < 4.78 is 11.6. The van der Waals surface area contributed by atoms with Crippen LogP contribution in [0.1, 0.15) is 30.6 Å². The number of phenolic OH excluding ortho intramolecular Hbond substituents is 2. The Kier molecular flexibility index (Phi) is 3.60. The van der Waals surface area contributed by atoms with Crippen molar-refractivity contribution in [3.8, 4) is 23.0 Å². The Labute approximate surface area is 123 Å². The molecule has 0 radical (unpaired) electrons. The summed E-state index contributed by atoms with van der Waals surface area (Å²) in [7, 11) is 0. The van der Waals surface area contributed by atoms with E-state index >= 15 is 0 Å². The van der Waals surface area contributed by atoms with Gasteiger partial charge in [-0.15, -0.1) is 0 Å². The van der Waals surface area contributed by atoms with Crippen molar-refractivity contribution in [2.75, 3.05) is 6.61 Å². The van der Waals surface area contributed by atoms with Gasteiger partial charge < -0.3 is 19.7 Å². The lowest BCUT2D eigenvalue weighted by Gasteiger charge is -2.27. The lowest BCUT2D eigenvalue weighted by molar-refractivity contribution is 0.170. The number of fused-ring (bicyclic) bond motifs is 1. The van der Waals surface area contributed by atoms with E-state index < -0.39 is 0 Å². The van der Waals surface area contributed by atoms with Crippen molar-refractivity contribution in [2.24, 2.45) is 0 Å². The van der Waals surface area contributed by atoms with E-state index in [1.807, 2.05) is 19.1 Å². The van der Waals surface area contributed by atoms with E-state index in [1.54, 1.807) is 24.3 Å². The molecule has 2 aromatic carbocycles. The summed E-state index contributed by atoms with van der Waals surface area (Å²) in [4.78, 5) is 0. The molecule has 0 aliphatic carbocycles. The number of aromatic hydroxyl groups is 2. The largest absolute Gasteiger partial charge is 0.508 e. The molecule has 0 bridgehead atoms. The van der Waals surface area contributed by atoms with Gasteiger partial charge in [0.1, 0.15) is 29.1 Å². The van der Waals surface area contributed by atoms with Gasteiger partial charge >= 0.3 is 0 Å². The Balaban J connectivity index is 1.92. The maximum absolute atomic E-state index is 9.60. The average molecular weight is 286 g/mol. The van der Waals surface area contributed by atoms with Crippen molar-refractivity contribution in [1.29, 1.82) is 0 Å². The highest BCUT2D eigenvalue weighted by Gasteiger charge is 2.24. The molecule has 4 heteroatoms. The molecule has 1 atom stereocenters. The van der Waals surface area contributed by atoms with Crippen molar-refractivity contribution in [2.45, 2.75) is 25.9 Å². The van der Waals surface area contributed by atoms with Crippen LogP contribution in [-0.4, -0.2) is 16.8 Å². The second kappa shape index (κ2) is 5.56. The lowest BCUT2D eigenvalue weighted by Crippen LogP contribution is -2.16. The van der Waals surface area contributed by atoms with Crippen LogP contribution < -0.4 is 9.47 Å². The van der Waals surface area contributed by atoms with Crippen molar-refractivity contribution in [3.05, 3.63) is 47.5 Å². The minimum atomic E-state index is -0.138. The summed E-state index contributed by atoms with van der Waals surface area (Å²) in [6, 6.07) is 10.3. The molecule has 0 saturated carbocycles. The number of ether oxygens (including phenoxy) is 2. The number of hydrogen-bond acceptors (Lipinski definition) is 4. The smallest absolute Gasteiger partial charge is 0.129 e.